The van der Waals surface area contributed by atoms with E-state index in [1.54, 1.807) is 37.3 Å². The van der Waals surface area contributed by atoms with Gasteiger partial charge in [-0.2, -0.15) is 0 Å². The van der Waals surface area contributed by atoms with Crippen molar-refractivity contribution in [2.75, 3.05) is 19.7 Å². The molecule has 0 spiro atoms. The Balaban J connectivity index is 2.33. The van der Waals surface area contributed by atoms with E-state index in [2.05, 4.69) is 26.3 Å². The fourth-order valence-corrected chi connectivity index (χ4v) is 5.86. The number of amides is 6. The largest absolute Gasteiger partial charge is 0.480 e. The van der Waals surface area contributed by atoms with Crippen molar-refractivity contribution < 1.29 is 43.8 Å². The van der Waals surface area contributed by atoms with Crippen LogP contribution in [0.5, 0.6) is 0 Å². The van der Waals surface area contributed by atoms with Crippen LogP contribution in [-0.2, 0) is 33.6 Å². The highest BCUT2D eigenvalue weighted by molar-refractivity contribution is 5.97. The lowest BCUT2D eigenvalue weighted by atomic mass is 9.91. The molecule has 0 bridgehead atoms. The molecule has 0 radical (unpaired) electrons. The number of nitrogens with one attached hydrogen (secondary N) is 4. The molecule has 7 atom stereocenters. The molecule has 294 valence electrons. The summed E-state index contributed by atoms with van der Waals surface area (Å²) >= 11 is 0. The number of aliphatic carboxylic acids is 1. The maximum Gasteiger partial charge on any atom is 0.326 e. The summed E-state index contributed by atoms with van der Waals surface area (Å²) < 4.78 is 0. The number of carboxylic acids is 1. The number of hydrogen-bond donors (Lipinski definition) is 10. The number of rotatable bonds is 21. The monoisotopic (exact) mass is 746 g/mol. The molecule has 0 saturated carbocycles. The first-order valence-corrected chi connectivity index (χ1v) is 17.5. The average molecular weight is 747 g/mol. The third-order valence-electron chi connectivity index (χ3n) is 8.70. The van der Waals surface area contributed by atoms with E-state index >= 15 is 0 Å². The van der Waals surface area contributed by atoms with Gasteiger partial charge >= 0.3 is 5.97 Å². The topological polar surface area (TPSA) is 328 Å². The number of carbonyl (C=O) groups excluding carboxylic acids is 6. The molecule has 19 nitrogen and oxygen atoms in total. The van der Waals surface area contributed by atoms with E-state index in [-0.39, 0.29) is 50.7 Å². The molecule has 1 aliphatic heterocycles. The van der Waals surface area contributed by atoms with Gasteiger partial charge in [-0.3, -0.25) is 33.8 Å². The fraction of sp³-hybridized carbons (Fsp3) is 0.588. The van der Waals surface area contributed by atoms with Crippen LogP contribution in [0, 0.1) is 5.92 Å². The summed E-state index contributed by atoms with van der Waals surface area (Å²) in [6.07, 6.45) is 0.291. The van der Waals surface area contributed by atoms with Crippen LogP contribution < -0.4 is 44.2 Å². The van der Waals surface area contributed by atoms with Crippen LogP contribution in [0.1, 0.15) is 70.8 Å². The first-order chi connectivity index (χ1) is 25.0. The molecule has 0 unspecified atom stereocenters. The second-order valence-electron chi connectivity index (χ2n) is 13.4. The van der Waals surface area contributed by atoms with Crippen LogP contribution >= 0.6 is 0 Å². The Morgan fingerprint density at radius 2 is 1.51 bits per heavy atom. The lowest BCUT2D eigenvalue weighted by molar-refractivity contribution is -0.144. The predicted octanol–water partition coefficient (Wildman–Crippen LogP) is -2.90. The molecule has 19 heteroatoms. The van der Waals surface area contributed by atoms with Crippen molar-refractivity contribution in [1.29, 1.82) is 0 Å². The summed E-state index contributed by atoms with van der Waals surface area (Å²) in [5, 5.41) is 29.1. The van der Waals surface area contributed by atoms with Crippen molar-refractivity contribution in [1.82, 2.24) is 26.2 Å². The van der Waals surface area contributed by atoms with Crippen molar-refractivity contribution in [3.63, 3.8) is 0 Å². The summed E-state index contributed by atoms with van der Waals surface area (Å²) in [5.41, 5.74) is 22.4. The lowest BCUT2D eigenvalue weighted by Gasteiger charge is -2.33. The Labute approximate surface area is 308 Å². The van der Waals surface area contributed by atoms with Crippen molar-refractivity contribution in [2.24, 2.45) is 33.8 Å². The number of carbonyl (C=O) groups is 7. The van der Waals surface area contributed by atoms with Gasteiger partial charge in [0.1, 0.15) is 36.3 Å². The highest BCUT2D eigenvalue weighted by Gasteiger charge is 2.41. The second kappa shape index (κ2) is 21.3. The molecule has 14 N–H and O–H groups in total. The first-order valence-electron chi connectivity index (χ1n) is 17.5. The van der Waals surface area contributed by atoms with Crippen LogP contribution in [-0.4, -0.2) is 118 Å². The summed E-state index contributed by atoms with van der Waals surface area (Å²) in [7, 11) is 0. The molecule has 6 amide bonds. The summed E-state index contributed by atoms with van der Waals surface area (Å²) in [6.45, 7) is 4.99. The molecule has 1 heterocycles. The number of aliphatic imine (C=N–C) groups is 1. The van der Waals surface area contributed by atoms with Gasteiger partial charge in [0.05, 0.1) is 13.0 Å². The molecular formula is C34H54N10O9. The Hall–Kier alpha value is -5.30. The quantitative estimate of drug-likeness (QED) is 0.0344. The number of benzene rings is 1. The van der Waals surface area contributed by atoms with Crippen molar-refractivity contribution >= 4 is 47.4 Å². The molecule has 0 aliphatic carbocycles. The molecule has 1 aromatic carbocycles. The Morgan fingerprint density at radius 1 is 0.887 bits per heavy atom. The van der Waals surface area contributed by atoms with Crippen LogP contribution in [0.3, 0.4) is 0 Å². The van der Waals surface area contributed by atoms with E-state index in [4.69, 9.17) is 22.9 Å². The number of carboxylic acid groups (broad SMARTS) is 1. The molecule has 1 aromatic rings. The second-order valence-corrected chi connectivity index (χ2v) is 13.4. The van der Waals surface area contributed by atoms with Gasteiger partial charge in [0, 0.05) is 19.0 Å². The van der Waals surface area contributed by atoms with Crippen LogP contribution in [0.25, 0.3) is 0 Å². The van der Waals surface area contributed by atoms with Gasteiger partial charge in [-0.1, -0.05) is 51.1 Å². The number of nitrogens with two attached hydrogens (primary N) is 4. The first kappa shape index (κ1) is 43.9. The fourth-order valence-electron chi connectivity index (χ4n) is 5.86. The number of likely N-dealkylation sites (tertiary alicyclic amines) is 1. The molecule has 1 aliphatic rings. The average Bonchev–Trinajstić information content (AvgIpc) is 3.60. The lowest BCUT2D eigenvalue weighted by Crippen LogP contribution is -2.60. The van der Waals surface area contributed by atoms with Gasteiger partial charge < -0.3 is 59.3 Å². The van der Waals surface area contributed by atoms with E-state index in [9.17, 15) is 43.8 Å². The normalized spacial score (nSPS) is 17.3. The molecule has 2 rings (SSSR count). The van der Waals surface area contributed by atoms with Crippen LogP contribution in [0.15, 0.2) is 35.3 Å². The van der Waals surface area contributed by atoms with Crippen LogP contribution in [0.2, 0.25) is 0 Å². The standard InChI is InChI=1S/C34H54N10O9/c1-18(2)15-23(30(49)40-22(11-7-13-39-34(37)38)29(48)42-24(33(52)53)16-26(36)46)41-31(50)25-12-8-14-44(25)32(51)27(43-28(47)21(35)17-45)19(3)20-9-5-4-6-10-20/h4-6,9-10,18-19,21-25,27,45H,7-8,11-17,35H2,1-3H3,(H2,36,46)(H,40,49)(H,41,50)(H,42,48)(H,43,47)(H,52,53)(H4,37,38,39)/t19-,21-,22-,23-,24-,25+,27-/m0/s1. The van der Waals surface area contributed by atoms with Gasteiger partial charge in [0.15, 0.2) is 5.96 Å². The van der Waals surface area contributed by atoms with E-state index in [0.29, 0.717) is 6.42 Å². The van der Waals surface area contributed by atoms with E-state index < -0.39 is 96.6 Å². The molecule has 1 saturated heterocycles. The van der Waals surface area contributed by atoms with E-state index in [1.807, 2.05) is 13.8 Å². The van der Waals surface area contributed by atoms with Crippen molar-refractivity contribution in [3.05, 3.63) is 35.9 Å². The zero-order valence-electron chi connectivity index (χ0n) is 30.3. The minimum absolute atomic E-state index is 0.0445. The zero-order chi connectivity index (χ0) is 39.8. The SMILES string of the molecule is CC(C)C[C@H](NC(=O)[C@H]1CCCN1C(=O)[C@@H](NC(=O)[C@@H](N)CO)[C@@H](C)c1ccccc1)C(=O)N[C@@H](CCCN=C(N)N)C(=O)N[C@@H](CC(N)=O)C(=O)O. The minimum atomic E-state index is -1.66. The smallest absolute Gasteiger partial charge is 0.326 e. The van der Waals surface area contributed by atoms with Gasteiger partial charge in [0.25, 0.3) is 0 Å². The molecule has 53 heavy (non-hydrogen) atoms. The number of nitrogens with zero attached hydrogens (tertiary/aromatic N) is 2. The Kier molecular flexibility index (Phi) is 17.6. The van der Waals surface area contributed by atoms with Gasteiger partial charge in [0.2, 0.25) is 35.4 Å². The van der Waals surface area contributed by atoms with Gasteiger partial charge in [-0.05, 0) is 43.6 Å². The molecule has 0 aromatic heterocycles. The highest BCUT2D eigenvalue weighted by atomic mass is 16.4. The zero-order valence-corrected chi connectivity index (χ0v) is 30.3. The Morgan fingerprint density at radius 3 is 2.08 bits per heavy atom. The highest BCUT2D eigenvalue weighted by Crippen LogP contribution is 2.25. The summed E-state index contributed by atoms with van der Waals surface area (Å²) in [4.78, 5) is 96.0. The van der Waals surface area contributed by atoms with E-state index in [0.717, 1.165) is 5.56 Å². The van der Waals surface area contributed by atoms with Gasteiger partial charge in [-0.25, -0.2) is 4.79 Å². The minimum Gasteiger partial charge on any atom is -0.480 e. The third kappa shape index (κ3) is 14.0. The molecule has 1 fully saturated rings. The summed E-state index contributed by atoms with van der Waals surface area (Å²) in [6, 6.07) is 1.34. The van der Waals surface area contributed by atoms with Gasteiger partial charge in [-0.15, -0.1) is 0 Å². The maximum atomic E-state index is 14.1. The summed E-state index contributed by atoms with van der Waals surface area (Å²) in [5.74, 6) is -6.97. The number of guanidine groups is 1. The van der Waals surface area contributed by atoms with E-state index in [1.165, 1.54) is 4.90 Å². The Bertz CT molecular complexity index is 1470. The third-order valence-corrected chi connectivity index (χ3v) is 8.70. The number of primary amides is 1. The number of hydrogen-bond acceptors (Lipinski definition) is 10. The maximum absolute atomic E-state index is 14.1. The van der Waals surface area contributed by atoms with Crippen molar-refractivity contribution in [3.8, 4) is 0 Å². The van der Waals surface area contributed by atoms with Crippen molar-refractivity contribution in [2.45, 2.75) is 101 Å². The predicted molar refractivity (Wildman–Crippen MR) is 193 cm³/mol. The van der Waals surface area contributed by atoms with Crippen LogP contribution in [0.4, 0.5) is 0 Å². The number of aliphatic hydroxyl groups excluding tert-OH is 1. The number of aliphatic hydroxyl groups is 1. The molecular weight excluding hydrogens is 692 g/mol.